The summed E-state index contributed by atoms with van der Waals surface area (Å²) in [5.74, 6) is 0.118. The van der Waals surface area contributed by atoms with Crippen molar-refractivity contribution >= 4 is 21.8 Å². The Bertz CT molecular complexity index is 474. The minimum Gasteiger partial charge on any atom is -0.316 e. The average Bonchev–Trinajstić information content (AvgIpc) is 2.29. The number of halogens is 1. The second kappa shape index (κ2) is 6.38. The van der Waals surface area contributed by atoms with Gasteiger partial charge in [-0.1, -0.05) is 61.5 Å². The third kappa shape index (κ3) is 4.50. The number of benzene rings is 1. The van der Waals surface area contributed by atoms with Crippen molar-refractivity contribution in [1.82, 2.24) is 4.90 Å². The van der Waals surface area contributed by atoms with Gasteiger partial charge in [0.05, 0.1) is 0 Å². The van der Waals surface area contributed by atoms with Crippen molar-refractivity contribution in [3.8, 4) is 0 Å². The van der Waals surface area contributed by atoms with Crippen molar-refractivity contribution in [3.05, 3.63) is 46.6 Å². The Morgan fingerprint density at radius 2 is 1.89 bits per heavy atom. The zero-order chi connectivity index (χ0) is 14.6. The van der Waals surface area contributed by atoms with Crippen molar-refractivity contribution in [2.75, 3.05) is 6.54 Å². The molecule has 3 heteroatoms. The first kappa shape index (κ1) is 16.0. The van der Waals surface area contributed by atoms with Crippen LogP contribution in [0.15, 0.2) is 41.0 Å². The van der Waals surface area contributed by atoms with Crippen LogP contribution in [0.2, 0.25) is 0 Å². The molecule has 0 unspecified atom stereocenters. The van der Waals surface area contributed by atoms with E-state index in [2.05, 4.69) is 28.6 Å². The maximum Gasteiger partial charge on any atom is 0.232 e. The maximum atomic E-state index is 12.4. The van der Waals surface area contributed by atoms with Crippen molar-refractivity contribution in [2.45, 2.75) is 34.1 Å². The Hall–Kier alpha value is -1.09. The minimum absolute atomic E-state index is 0.118. The molecule has 0 radical (unpaired) electrons. The summed E-state index contributed by atoms with van der Waals surface area (Å²) in [5, 5.41) is 0. The molecule has 0 aliphatic heterocycles. The van der Waals surface area contributed by atoms with Crippen molar-refractivity contribution in [3.63, 3.8) is 0 Å². The number of allylic oxidation sites excluding steroid dienone is 1. The van der Waals surface area contributed by atoms with Crippen molar-refractivity contribution in [1.29, 1.82) is 0 Å². The zero-order valence-electron chi connectivity index (χ0n) is 12.2. The lowest BCUT2D eigenvalue weighted by Gasteiger charge is -2.29. The molecule has 0 saturated carbocycles. The van der Waals surface area contributed by atoms with Crippen LogP contribution in [0.3, 0.4) is 0 Å². The SMILES string of the molecule is C=C(C)N(CCc1ccccc1Br)C(=O)C(C)(C)C. The average molecular weight is 324 g/mol. The molecule has 0 saturated heterocycles. The highest BCUT2D eigenvalue weighted by atomic mass is 79.9. The summed E-state index contributed by atoms with van der Waals surface area (Å²) in [6.07, 6.45) is 0.816. The topological polar surface area (TPSA) is 20.3 Å². The standard InChI is InChI=1S/C16H22BrNO/c1-12(2)18(15(19)16(3,4)5)11-10-13-8-6-7-9-14(13)17/h6-9H,1,10-11H2,2-5H3. The third-order valence-corrected chi connectivity index (χ3v) is 3.68. The van der Waals surface area contributed by atoms with Crippen LogP contribution in [-0.4, -0.2) is 17.4 Å². The molecule has 0 fully saturated rings. The highest BCUT2D eigenvalue weighted by molar-refractivity contribution is 9.10. The van der Waals surface area contributed by atoms with Gasteiger partial charge in [0.1, 0.15) is 0 Å². The van der Waals surface area contributed by atoms with Gasteiger partial charge in [-0.05, 0) is 25.0 Å². The minimum atomic E-state index is -0.382. The molecule has 0 atom stereocenters. The molecule has 2 nitrogen and oxygen atoms in total. The predicted octanol–water partition coefficient (Wildman–Crippen LogP) is 4.40. The highest BCUT2D eigenvalue weighted by Gasteiger charge is 2.27. The van der Waals surface area contributed by atoms with E-state index in [0.717, 1.165) is 16.6 Å². The highest BCUT2D eigenvalue weighted by Crippen LogP contribution is 2.22. The Morgan fingerprint density at radius 1 is 1.32 bits per heavy atom. The molecular weight excluding hydrogens is 302 g/mol. The van der Waals surface area contributed by atoms with Crippen molar-refractivity contribution < 1.29 is 4.79 Å². The van der Waals surface area contributed by atoms with Crippen LogP contribution in [0.25, 0.3) is 0 Å². The van der Waals surface area contributed by atoms with Gasteiger partial charge in [0.2, 0.25) is 5.91 Å². The number of hydrogen-bond donors (Lipinski definition) is 0. The molecule has 1 aromatic carbocycles. The van der Waals surface area contributed by atoms with E-state index in [9.17, 15) is 4.79 Å². The van der Waals surface area contributed by atoms with Gasteiger partial charge >= 0.3 is 0 Å². The number of hydrogen-bond acceptors (Lipinski definition) is 1. The number of carbonyl (C=O) groups excluding carboxylic acids is 1. The molecular formula is C16H22BrNO. The van der Waals surface area contributed by atoms with E-state index >= 15 is 0 Å². The summed E-state index contributed by atoms with van der Waals surface area (Å²) >= 11 is 3.53. The van der Waals surface area contributed by atoms with Gasteiger partial charge in [-0.25, -0.2) is 0 Å². The molecule has 0 heterocycles. The predicted molar refractivity (Wildman–Crippen MR) is 83.8 cm³/mol. The first-order chi connectivity index (χ1) is 8.73. The lowest BCUT2D eigenvalue weighted by Crippen LogP contribution is -2.39. The van der Waals surface area contributed by atoms with Gasteiger partial charge in [-0.2, -0.15) is 0 Å². The number of amides is 1. The van der Waals surface area contributed by atoms with Crippen LogP contribution < -0.4 is 0 Å². The molecule has 0 spiro atoms. The first-order valence-electron chi connectivity index (χ1n) is 6.44. The molecule has 0 aliphatic carbocycles. The number of carbonyl (C=O) groups is 1. The van der Waals surface area contributed by atoms with Crippen LogP contribution in [0.4, 0.5) is 0 Å². The summed E-state index contributed by atoms with van der Waals surface area (Å²) in [7, 11) is 0. The maximum absolute atomic E-state index is 12.4. The van der Waals surface area contributed by atoms with Crippen LogP contribution in [0.5, 0.6) is 0 Å². The van der Waals surface area contributed by atoms with E-state index in [4.69, 9.17) is 0 Å². The molecule has 0 aliphatic rings. The molecule has 0 N–H and O–H groups in total. The summed E-state index contributed by atoms with van der Waals surface area (Å²) in [4.78, 5) is 14.1. The van der Waals surface area contributed by atoms with Gasteiger partial charge in [0.15, 0.2) is 0 Å². The smallest absolute Gasteiger partial charge is 0.232 e. The summed E-state index contributed by atoms with van der Waals surface area (Å²) in [5.41, 5.74) is 1.62. The molecule has 19 heavy (non-hydrogen) atoms. The fraction of sp³-hybridized carbons (Fsp3) is 0.438. The monoisotopic (exact) mass is 323 g/mol. The van der Waals surface area contributed by atoms with Gasteiger partial charge in [-0.15, -0.1) is 0 Å². The number of rotatable bonds is 4. The van der Waals surface area contributed by atoms with Gasteiger partial charge in [0.25, 0.3) is 0 Å². The van der Waals surface area contributed by atoms with E-state index in [1.807, 2.05) is 45.9 Å². The van der Waals surface area contributed by atoms with E-state index < -0.39 is 0 Å². The van der Waals surface area contributed by atoms with Crippen LogP contribution in [0, 0.1) is 5.41 Å². The summed E-state index contributed by atoms with van der Waals surface area (Å²) in [6, 6.07) is 8.09. The molecule has 104 valence electrons. The van der Waals surface area contributed by atoms with Gasteiger partial charge < -0.3 is 4.90 Å². The normalized spacial score (nSPS) is 11.2. The largest absolute Gasteiger partial charge is 0.316 e. The second-order valence-corrected chi connectivity index (χ2v) is 6.64. The van der Waals surface area contributed by atoms with E-state index in [0.29, 0.717) is 6.54 Å². The Labute approximate surface area is 124 Å². The zero-order valence-corrected chi connectivity index (χ0v) is 13.8. The van der Waals surface area contributed by atoms with E-state index in [-0.39, 0.29) is 11.3 Å². The fourth-order valence-electron chi connectivity index (χ4n) is 1.80. The molecule has 0 aromatic heterocycles. The third-order valence-electron chi connectivity index (χ3n) is 2.91. The number of nitrogens with zero attached hydrogens (tertiary/aromatic N) is 1. The molecule has 1 rings (SSSR count). The Balaban J connectivity index is 2.79. The summed E-state index contributed by atoms with van der Waals surface area (Å²) < 4.78 is 1.08. The van der Waals surface area contributed by atoms with Crippen LogP contribution in [-0.2, 0) is 11.2 Å². The van der Waals surface area contributed by atoms with Crippen LogP contribution >= 0.6 is 15.9 Å². The second-order valence-electron chi connectivity index (χ2n) is 5.78. The Morgan fingerprint density at radius 3 is 2.37 bits per heavy atom. The van der Waals surface area contributed by atoms with Gasteiger partial charge in [0, 0.05) is 22.1 Å². The van der Waals surface area contributed by atoms with E-state index in [1.54, 1.807) is 4.90 Å². The van der Waals surface area contributed by atoms with E-state index in [1.165, 1.54) is 5.56 Å². The first-order valence-corrected chi connectivity index (χ1v) is 7.23. The fourth-order valence-corrected chi connectivity index (χ4v) is 2.29. The van der Waals surface area contributed by atoms with Gasteiger partial charge in [-0.3, -0.25) is 4.79 Å². The van der Waals surface area contributed by atoms with Crippen LogP contribution in [0.1, 0.15) is 33.3 Å². The molecule has 0 bridgehead atoms. The summed E-state index contributed by atoms with van der Waals surface area (Å²) in [6.45, 7) is 12.3. The Kier molecular flexibility index (Phi) is 5.36. The van der Waals surface area contributed by atoms with Crippen molar-refractivity contribution in [2.24, 2.45) is 5.41 Å². The quantitative estimate of drug-likeness (QED) is 0.804. The molecule has 1 amide bonds. The lowest BCUT2D eigenvalue weighted by atomic mass is 9.94. The lowest BCUT2D eigenvalue weighted by molar-refractivity contribution is -0.137. The molecule has 1 aromatic rings.